The first kappa shape index (κ1) is 17.1. The molecular weight excluding hydrogens is 278 g/mol. The Kier molecular flexibility index (Phi) is 5.00. The Bertz CT molecular complexity index is 471. The second-order valence-corrected chi connectivity index (χ2v) is 7.13. The molecule has 4 heteroatoms. The molecule has 2 rings (SSSR count). The normalized spacial score (nSPS) is 37.5. The zero-order valence-corrected chi connectivity index (χ0v) is 14.4. The lowest BCUT2D eigenvalue weighted by Crippen LogP contribution is -2.56. The van der Waals surface area contributed by atoms with E-state index in [-0.39, 0.29) is 23.7 Å². The van der Waals surface area contributed by atoms with Gasteiger partial charge in [-0.3, -0.25) is 0 Å². The van der Waals surface area contributed by atoms with E-state index in [1.165, 1.54) is 5.57 Å². The van der Waals surface area contributed by atoms with Gasteiger partial charge in [0.2, 0.25) is 0 Å². The van der Waals surface area contributed by atoms with E-state index in [0.29, 0.717) is 31.0 Å². The van der Waals surface area contributed by atoms with Gasteiger partial charge in [-0.05, 0) is 32.6 Å². The van der Waals surface area contributed by atoms with Gasteiger partial charge in [0.15, 0.2) is 0 Å². The summed E-state index contributed by atoms with van der Waals surface area (Å²) in [4.78, 5) is 11.8. The molecule has 0 aromatic rings. The van der Waals surface area contributed by atoms with Crippen LogP contribution >= 0.6 is 0 Å². The lowest BCUT2D eigenvalue weighted by atomic mass is 9.56. The quantitative estimate of drug-likeness (QED) is 0.808. The summed E-state index contributed by atoms with van der Waals surface area (Å²) in [7, 11) is 0. The summed E-state index contributed by atoms with van der Waals surface area (Å²) in [6.07, 6.45) is 3.91. The van der Waals surface area contributed by atoms with Crippen molar-refractivity contribution < 1.29 is 14.3 Å². The minimum atomic E-state index is -0.350. The van der Waals surface area contributed by atoms with Crippen molar-refractivity contribution >= 4 is 6.09 Å². The van der Waals surface area contributed by atoms with Crippen molar-refractivity contribution in [3.05, 3.63) is 24.3 Å². The fourth-order valence-corrected chi connectivity index (χ4v) is 4.00. The van der Waals surface area contributed by atoms with Crippen LogP contribution in [-0.2, 0) is 9.47 Å². The van der Waals surface area contributed by atoms with Crippen LogP contribution in [0.2, 0.25) is 0 Å². The van der Waals surface area contributed by atoms with E-state index >= 15 is 0 Å². The molecule has 1 heterocycles. The summed E-state index contributed by atoms with van der Waals surface area (Å²) in [6.45, 7) is 15.3. The largest absolute Gasteiger partial charge is 0.449 e. The number of carbonyl (C=O) groups is 1. The number of ether oxygens (including phenoxy) is 2. The molecule has 124 valence electrons. The standard InChI is InChI=1S/C18H29NO3/c1-7-15-16-12(4)8-13(5)18(9-21-15,14(16)6)10-22-17(20)19-11(2)3/h7-8,11,13-16H,1,9-10H2,2-6H3,(H,19,20)/t13?,14-,15?,16?,18-/m1/s1. The Balaban J connectivity index is 2.18. The summed E-state index contributed by atoms with van der Waals surface area (Å²) in [6, 6.07) is 0.0776. The highest BCUT2D eigenvalue weighted by Gasteiger charge is 2.53. The van der Waals surface area contributed by atoms with Gasteiger partial charge < -0.3 is 14.8 Å². The molecule has 2 aliphatic rings. The van der Waals surface area contributed by atoms with Crippen LogP contribution in [0.3, 0.4) is 0 Å². The first-order valence-corrected chi connectivity index (χ1v) is 8.17. The topological polar surface area (TPSA) is 47.6 Å². The van der Waals surface area contributed by atoms with E-state index in [9.17, 15) is 4.79 Å². The molecule has 1 aliphatic carbocycles. The molecule has 1 N–H and O–H groups in total. The minimum absolute atomic E-state index is 0.0522. The summed E-state index contributed by atoms with van der Waals surface area (Å²) in [5, 5.41) is 2.78. The smallest absolute Gasteiger partial charge is 0.407 e. The second kappa shape index (κ2) is 6.45. The number of allylic oxidation sites excluding steroid dienone is 1. The molecule has 0 spiro atoms. The van der Waals surface area contributed by atoms with Crippen molar-refractivity contribution in [3.63, 3.8) is 0 Å². The van der Waals surface area contributed by atoms with Crippen molar-refractivity contribution in [2.24, 2.45) is 23.2 Å². The van der Waals surface area contributed by atoms with Gasteiger partial charge in [-0.15, -0.1) is 6.58 Å². The predicted molar refractivity (Wildman–Crippen MR) is 87.6 cm³/mol. The average molecular weight is 307 g/mol. The maximum absolute atomic E-state index is 11.8. The number of hydrogen-bond donors (Lipinski definition) is 1. The number of carbonyl (C=O) groups excluding carboxylic acids is 1. The number of alkyl carbamates (subject to hydrolysis) is 1. The Morgan fingerprint density at radius 3 is 2.86 bits per heavy atom. The van der Waals surface area contributed by atoms with Gasteiger partial charge in [0.05, 0.1) is 12.7 Å². The number of fused-ring (bicyclic) bond motifs is 2. The van der Waals surface area contributed by atoms with Gasteiger partial charge >= 0.3 is 6.09 Å². The molecule has 1 amide bonds. The van der Waals surface area contributed by atoms with Crippen LogP contribution in [0.15, 0.2) is 24.3 Å². The monoisotopic (exact) mass is 307 g/mol. The second-order valence-electron chi connectivity index (χ2n) is 7.13. The van der Waals surface area contributed by atoms with E-state index in [0.717, 1.165) is 0 Å². The molecule has 1 aliphatic heterocycles. The minimum Gasteiger partial charge on any atom is -0.449 e. The van der Waals surface area contributed by atoms with Crippen molar-refractivity contribution in [1.82, 2.24) is 5.32 Å². The third-order valence-electron chi connectivity index (χ3n) is 5.40. The van der Waals surface area contributed by atoms with Gasteiger partial charge in [0.1, 0.15) is 6.61 Å². The summed E-state index contributed by atoms with van der Waals surface area (Å²) >= 11 is 0. The highest BCUT2D eigenvalue weighted by Crippen LogP contribution is 2.52. The fraction of sp³-hybridized carbons (Fsp3) is 0.722. The van der Waals surface area contributed by atoms with Gasteiger partial charge in [0.25, 0.3) is 0 Å². The summed E-state index contributed by atoms with van der Waals surface area (Å²) < 4.78 is 11.6. The van der Waals surface area contributed by atoms with Gasteiger partial charge in [0, 0.05) is 17.4 Å². The third-order valence-corrected chi connectivity index (χ3v) is 5.40. The molecule has 0 radical (unpaired) electrons. The van der Waals surface area contributed by atoms with Crippen LogP contribution in [0.1, 0.15) is 34.6 Å². The van der Waals surface area contributed by atoms with Crippen LogP contribution < -0.4 is 5.32 Å². The third kappa shape index (κ3) is 2.94. The molecular formula is C18H29NO3. The SMILES string of the molecule is C=CC1OC[C@@]2(COC(=O)NC(C)C)C(C)C=C(C)C1[C@H]2C. The number of amides is 1. The zero-order chi connectivity index (χ0) is 16.5. The maximum atomic E-state index is 11.8. The fourth-order valence-electron chi connectivity index (χ4n) is 4.00. The molecule has 0 saturated carbocycles. The number of hydrogen-bond acceptors (Lipinski definition) is 3. The first-order valence-electron chi connectivity index (χ1n) is 8.17. The van der Waals surface area contributed by atoms with Crippen molar-refractivity contribution in [3.8, 4) is 0 Å². The van der Waals surface area contributed by atoms with Crippen LogP contribution in [0, 0.1) is 23.2 Å². The molecule has 1 saturated heterocycles. The van der Waals surface area contributed by atoms with E-state index in [4.69, 9.17) is 9.47 Å². The Morgan fingerprint density at radius 2 is 2.27 bits per heavy atom. The average Bonchev–Trinajstić information content (AvgIpc) is 2.43. The predicted octanol–water partition coefficient (Wildman–Crippen LogP) is 3.54. The van der Waals surface area contributed by atoms with Gasteiger partial charge in [-0.2, -0.15) is 0 Å². The Morgan fingerprint density at radius 1 is 1.59 bits per heavy atom. The number of rotatable bonds is 4. The van der Waals surface area contributed by atoms with E-state index < -0.39 is 0 Å². The molecule has 0 aromatic carbocycles. The van der Waals surface area contributed by atoms with Crippen LogP contribution in [0.5, 0.6) is 0 Å². The summed E-state index contributed by atoms with van der Waals surface area (Å²) in [5.41, 5.74) is 1.20. The van der Waals surface area contributed by atoms with Crippen molar-refractivity contribution in [2.75, 3.05) is 13.2 Å². The van der Waals surface area contributed by atoms with E-state index in [2.05, 4.69) is 38.7 Å². The van der Waals surface area contributed by atoms with Crippen LogP contribution in [-0.4, -0.2) is 31.5 Å². The maximum Gasteiger partial charge on any atom is 0.407 e. The van der Waals surface area contributed by atoms with Crippen molar-refractivity contribution in [2.45, 2.75) is 46.8 Å². The Hall–Kier alpha value is -1.29. The first-order chi connectivity index (χ1) is 10.3. The lowest BCUT2D eigenvalue weighted by Gasteiger charge is -2.54. The van der Waals surface area contributed by atoms with E-state index in [1.807, 2.05) is 19.9 Å². The van der Waals surface area contributed by atoms with Gasteiger partial charge in [-0.1, -0.05) is 31.6 Å². The van der Waals surface area contributed by atoms with Gasteiger partial charge in [-0.25, -0.2) is 4.79 Å². The molecule has 1 fully saturated rings. The molecule has 2 bridgehead atoms. The molecule has 22 heavy (non-hydrogen) atoms. The van der Waals surface area contributed by atoms with Crippen LogP contribution in [0.4, 0.5) is 4.79 Å². The molecule has 3 unspecified atom stereocenters. The highest BCUT2D eigenvalue weighted by atomic mass is 16.6. The van der Waals surface area contributed by atoms with E-state index in [1.54, 1.807) is 0 Å². The molecule has 0 aromatic heterocycles. The summed E-state index contributed by atoms with van der Waals surface area (Å²) in [5.74, 6) is 1.02. The Labute approximate surface area is 133 Å². The lowest BCUT2D eigenvalue weighted by molar-refractivity contribution is -0.149. The molecule has 5 atom stereocenters. The highest BCUT2D eigenvalue weighted by molar-refractivity contribution is 5.67. The zero-order valence-electron chi connectivity index (χ0n) is 14.4. The number of nitrogens with one attached hydrogen (secondary N) is 1. The van der Waals surface area contributed by atoms with Crippen molar-refractivity contribution in [1.29, 1.82) is 0 Å². The molecule has 4 nitrogen and oxygen atoms in total. The van der Waals surface area contributed by atoms with Crippen LogP contribution in [0.25, 0.3) is 0 Å².